The Morgan fingerprint density at radius 2 is 1.60 bits per heavy atom. The summed E-state index contributed by atoms with van der Waals surface area (Å²) in [5.74, 6) is -0.843. The maximum atomic E-state index is 12.6. The van der Waals surface area contributed by atoms with E-state index >= 15 is 0 Å². The van der Waals surface area contributed by atoms with E-state index in [2.05, 4.69) is 10.0 Å². The highest BCUT2D eigenvalue weighted by Crippen LogP contribution is 2.25. The van der Waals surface area contributed by atoms with Crippen molar-refractivity contribution in [1.29, 1.82) is 0 Å². The van der Waals surface area contributed by atoms with Crippen LogP contribution in [-0.4, -0.2) is 44.3 Å². The van der Waals surface area contributed by atoms with Crippen LogP contribution in [0.2, 0.25) is 10.0 Å². The van der Waals surface area contributed by atoms with E-state index in [0.717, 1.165) is 0 Å². The molecule has 2 aromatic rings. The second-order valence-electron chi connectivity index (χ2n) is 7.72. The molecule has 2 N–H and O–H groups in total. The number of carbonyl (C=O) groups excluding carboxylic acids is 2. The van der Waals surface area contributed by atoms with Crippen molar-refractivity contribution in [2.75, 3.05) is 18.9 Å². The lowest BCUT2D eigenvalue weighted by atomic mass is 10.1. The predicted molar refractivity (Wildman–Crippen MR) is 119 cm³/mol. The molecule has 0 aliphatic carbocycles. The summed E-state index contributed by atoms with van der Waals surface area (Å²) < 4.78 is 27.2. The van der Waals surface area contributed by atoms with Crippen molar-refractivity contribution in [3.05, 3.63) is 58.1 Å². The SMILES string of the molecule is CN(CC(=O)Nc1ccc(Cl)c(Cl)c1)C(=O)c1ccc(S(=O)(=O)NC(C)(C)C)cc1. The Morgan fingerprint density at radius 3 is 2.13 bits per heavy atom. The molecule has 0 unspecified atom stereocenters. The van der Waals surface area contributed by atoms with Crippen molar-refractivity contribution in [2.24, 2.45) is 0 Å². The number of anilines is 1. The molecule has 0 spiro atoms. The summed E-state index contributed by atoms with van der Waals surface area (Å²) >= 11 is 11.8. The van der Waals surface area contributed by atoms with Crippen molar-refractivity contribution >= 4 is 50.7 Å². The molecule has 0 aliphatic rings. The summed E-state index contributed by atoms with van der Waals surface area (Å²) in [6.07, 6.45) is 0. The Hall–Kier alpha value is -2.13. The van der Waals surface area contributed by atoms with Crippen LogP contribution in [0.1, 0.15) is 31.1 Å². The van der Waals surface area contributed by atoms with Crippen LogP contribution >= 0.6 is 23.2 Å². The molecule has 0 aliphatic heterocycles. The number of nitrogens with zero attached hydrogens (tertiary/aromatic N) is 1. The van der Waals surface area contributed by atoms with Crippen molar-refractivity contribution < 1.29 is 18.0 Å². The van der Waals surface area contributed by atoms with E-state index in [1.54, 1.807) is 32.9 Å². The molecule has 2 rings (SSSR count). The summed E-state index contributed by atoms with van der Waals surface area (Å²) in [6, 6.07) is 10.2. The van der Waals surface area contributed by atoms with E-state index in [4.69, 9.17) is 23.2 Å². The Kier molecular flexibility index (Phi) is 7.52. The minimum Gasteiger partial charge on any atom is -0.332 e. The number of halogens is 2. The first-order chi connectivity index (χ1) is 13.8. The van der Waals surface area contributed by atoms with Gasteiger partial charge < -0.3 is 10.2 Å². The molecule has 2 amide bonds. The second kappa shape index (κ2) is 9.34. The van der Waals surface area contributed by atoms with Crippen molar-refractivity contribution in [3.63, 3.8) is 0 Å². The van der Waals surface area contributed by atoms with Gasteiger partial charge in [0, 0.05) is 23.8 Å². The van der Waals surface area contributed by atoms with E-state index in [9.17, 15) is 18.0 Å². The van der Waals surface area contributed by atoms with Gasteiger partial charge in [0.1, 0.15) is 0 Å². The summed E-state index contributed by atoms with van der Waals surface area (Å²) in [6.45, 7) is 5.01. The van der Waals surface area contributed by atoms with Crippen LogP contribution < -0.4 is 10.0 Å². The maximum Gasteiger partial charge on any atom is 0.254 e. The minimum absolute atomic E-state index is 0.0500. The number of nitrogens with one attached hydrogen (secondary N) is 2. The zero-order valence-corrected chi connectivity index (χ0v) is 19.3. The van der Waals surface area contributed by atoms with Gasteiger partial charge in [-0.2, -0.15) is 0 Å². The fraction of sp³-hybridized carbons (Fsp3) is 0.300. The number of rotatable bonds is 6. The number of hydrogen-bond donors (Lipinski definition) is 2. The summed E-state index contributed by atoms with van der Waals surface area (Å²) in [5.41, 5.74) is 0.0839. The average Bonchev–Trinajstić information content (AvgIpc) is 2.62. The third-order valence-electron chi connectivity index (χ3n) is 3.78. The van der Waals surface area contributed by atoms with Gasteiger partial charge in [0.15, 0.2) is 0 Å². The van der Waals surface area contributed by atoms with Gasteiger partial charge in [0.2, 0.25) is 15.9 Å². The van der Waals surface area contributed by atoms with Gasteiger partial charge in [-0.1, -0.05) is 23.2 Å². The molecule has 7 nitrogen and oxygen atoms in total. The number of sulfonamides is 1. The van der Waals surface area contributed by atoms with Crippen LogP contribution in [0.3, 0.4) is 0 Å². The van der Waals surface area contributed by atoms with Gasteiger partial charge >= 0.3 is 0 Å². The highest BCUT2D eigenvalue weighted by molar-refractivity contribution is 7.89. The monoisotopic (exact) mass is 471 g/mol. The van der Waals surface area contributed by atoms with Crippen LogP contribution in [0, 0.1) is 0 Å². The maximum absolute atomic E-state index is 12.6. The molecular weight excluding hydrogens is 449 g/mol. The Morgan fingerprint density at radius 1 is 1.00 bits per heavy atom. The largest absolute Gasteiger partial charge is 0.332 e. The van der Waals surface area contributed by atoms with Gasteiger partial charge in [-0.05, 0) is 63.2 Å². The van der Waals surface area contributed by atoms with E-state index in [1.807, 2.05) is 0 Å². The highest BCUT2D eigenvalue weighted by atomic mass is 35.5. The van der Waals surface area contributed by atoms with E-state index in [1.165, 1.54) is 42.3 Å². The summed E-state index contributed by atoms with van der Waals surface area (Å²) in [7, 11) is -2.23. The fourth-order valence-electron chi connectivity index (χ4n) is 2.52. The third-order valence-corrected chi connectivity index (χ3v) is 6.30. The molecule has 2 aromatic carbocycles. The van der Waals surface area contributed by atoms with Crippen molar-refractivity contribution in [2.45, 2.75) is 31.2 Å². The molecule has 0 radical (unpaired) electrons. The first kappa shape index (κ1) is 24.1. The number of hydrogen-bond acceptors (Lipinski definition) is 4. The Balaban J connectivity index is 2.03. The first-order valence-corrected chi connectivity index (χ1v) is 11.2. The quantitative estimate of drug-likeness (QED) is 0.669. The highest BCUT2D eigenvalue weighted by Gasteiger charge is 2.22. The van der Waals surface area contributed by atoms with Crippen LogP contribution in [0.4, 0.5) is 5.69 Å². The van der Waals surface area contributed by atoms with E-state index < -0.39 is 27.4 Å². The zero-order chi connectivity index (χ0) is 22.7. The molecule has 0 fully saturated rings. The molecule has 0 saturated heterocycles. The van der Waals surface area contributed by atoms with Crippen LogP contribution in [0.25, 0.3) is 0 Å². The minimum atomic E-state index is -3.70. The topological polar surface area (TPSA) is 95.6 Å². The predicted octanol–water partition coefficient (Wildman–Crippen LogP) is 3.78. The number of carbonyl (C=O) groups is 2. The van der Waals surface area contributed by atoms with E-state index in [0.29, 0.717) is 15.7 Å². The molecule has 10 heteroatoms. The second-order valence-corrected chi connectivity index (χ2v) is 10.2. The standard InChI is InChI=1S/C20H23Cl2N3O4S/c1-20(2,3)24-30(28,29)15-8-5-13(6-9-15)19(27)25(4)12-18(26)23-14-7-10-16(21)17(22)11-14/h5-11,24H,12H2,1-4H3,(H,23,26). The third kappa shape index (κ3) is 6.70. The van der Waals surface area contributed by atoms with Crippen LogP contribution in [0.5, 0.6) is 0 Å². The summed E-state index contributed by atoms with van der Waals surface area (Å²) in [4.78, 5) is 26.0. The number of amides is 2. The lowest BCUT2D eigenvalue weighted by molar-refractivity contribution is -0.116. The van der Waals surface area contributed by atoms with E-state index in [-0.39, 0.29) is 17.0 Å². The smallest absolute Gasteiger partial charge is 0.254 e. The van der Waals surface area contributed by atoms with Gasteiger partial charge in [0.25, 0.3) is 5.91 Å². The first-order valence-electron chi connectivity index (χ1n) is 8.93. The van der Waals surface area contributed by atoms with Crippen molar-refractivity contribution in [1.82, 2.24) is 9.62 Å². The Labute approximate surface area is 186 Å². The average molecular weight is 472 g/mol. The van der Waals surface area contributed by atoms with Crippen LogP contribution in [0.15, 0.2) is 47.4 Å². The van der Waals surface area contributed by atoms with Gasteiger partial charge in [-0.15, -0.1) is 0 Å². The molecule has 0 bridgehead atoms. The molecule has 0 aromatic heterocycles. The van der Waals surface area contributed by atoms with Gasteiger partial charge in [-0.25, -0.2) is 13.1 Å². The molecule has 0 saturated carbocycles. The molecular formula is C20H23Cl2N3O4S. The lowest BCUT2D eigenvalue weighted by Gasteiger charge is -2.20. The molecule has 0 heterocycles. The molecule has 162 valence electrons. The lowest BCUT2D eigenvalue weighted by Crippen LogP contribution is -2.40. The zero-order valence-electron chi connectivity index (χ0n) is 17.0. The van der Waals surface area contributed by atoms with Gasteiger partial charge in [-0.3, -0.25) is 9.59 Å². The fourth-order valence-corrected chi connectivity index (χ4v) is 4.24. The van der Waals surface area contributed by atoms with Crippen LogP contribution in [-0.2, 0) is 14.8 Å². The normalized spacial score (nSPS) is 11.8. The number of benzene rings is 2. The van der Waals surface area contributed by atoms with Crippen molar-refractivity contribution in [3.8, 4) is 0 Å². The number of likely N-dealkylation sites (N-methyl/N-ethyl adjacent to an activating group) is 1. The Bertz CT molecular complexity index is 1050. The van der Waals surface area contributed by atoms with Gasteiger partial charge in [0.05, 0.1) is 21.5 Å². The summed E-state index contributed by atoms with van der Waals surface area (Å²) in [5, 5.41) is 3.30. The molecule has 0 atom stereocenters. The molecule has 30 heavy (non-hydrogen) atoms.